The van der Waals surface area contributed by atoms with Crippen LogP contribution in [0.3, 0.4) is 0 Å². The SMILES string of the molecule is CN(Cc1cc(C(F)(F)F)cc(C(F)(F)F)c1)[C@H]1C[C@@H](C(=O)N2CCN(c3ccccc3C#N)CC2)N(Cc2ccc(Cl)cc2)C1. The summed E-state index contributed by atoms with van der Waals surface area (Å²) in [5.41, 5.74) is -0.542. The number of likely N-dealkylation sites (N-methyl/N-ethyl adjacent to an activating group) is 1. The fraction of sp³-hybridized carbons (Fsp3) is 0.394. The monoisotopic (exact) mass is 663 g/mol. The van der Waals surface area contributed by atoms with Crippen molar-refractivity contribution in [2.24, 2.45) is 0 Å². The Bertz CT molecular complexity index is 1550. The van der Waals surface area contributed by atoms with Crippen LogP contribution in [0.15, 0.2) is 66.7 Å². The van der Waals surface area contributed by atoms with Crippen molar-refractivity contribution in [3.63, 3.8) is 0 Å². The molecule has 6 nitrogen and oxygen atoms in total. The minimum atomic E-state index is -4.93. The number of piperazine rings is 1. The summed E-state index contributed by atoms with van der Waals surface area (Å²) in [5.74, 6) is -0.0866. The van der Waals surface area contributed by atoms with E-state index >= 15 is 0 Å². The zero-order valence-electron chi connectivity index (χ0n) is 25.0. The molecule has 2 atom stereocenters. The fourth-order valence-corrected chi connectivity index (χ4v) is 6.33. The van der Waals surface area contributed by atoms with Gasteiger partial charge in [-0.25, -0.2) is 0 Å². The highest BCUT2D eigenvalue weighted by atomic mass is 35.5. The highest BCUT2D eigenvalue weighted by molar-refractivity contribution is 6.30. The number of nitrogens with zero attached hydrogens (tertiary/aromatic N) is 5. The maximum Gasteiger partial charge on any atom is 0.416 e. The zero-order valence-corrected chi connectivity index (χ0v) is 25.7. The van der Waals surface area contributed by atoms with Crippen LogP contribution < -0.4 is 4.90 Å². The van der Waals surface area contributed by atoms with Crippen LogP contribution in [0, 0.1) is 11.3 Å². The largest absolute Gasteiger partial charge is 0.416 e. The fourth-order valence-electron chi connectivity index (χ4n) is 6.20. The van der Waals surface area contributed by atoms with Gasteiger partial charge in [0.25, 0.3) is 0 Å². The van der Waals surface area contributed by atoms with E-state index in [0.29, 0.717) is 56.3 Å². The summed E-state index contributed by atoms with van der Waals surface area (Å²) >= 11 is 6.06. The lowest BCUT2D eigenvalue weighted by Gasteiger charge is -2.38. The average Bonchev–Trinajstić information content (AvgIpc) is 3.44. The third-order valence-corrected chi connectivity index (χ3v) is 8.88. The van der Waals surface area contributed by atoms with Gasteiger partial charge in [-0.1, -0.05) is 35.9 Å². The average molecular weight is 664 g/mol. The van der Waals surface area contributed by atoms with Gasteiger partial charge in [-0.3, -0.25) is 14.6 Å². The first-order valence-electron chi connectivity index (χ1n) is 14.7. The molecule has 2 aliphatic rings. The third-order valence-electron chi connectivity index (χ3n) is 8.62. The molecule has 0 radical (unpaired) electrons. The predicted octanol–water partition coefficient (Wildman–Crippen LogP) is 6.67. The van der Waals surface area contributed by atoms with E-state index in [2.05, 4.69) is 11.0 Å². The van der Waals surface area contributed by atoms with E-state index in [9.17, 15) is 36.4 Å². The second kappa shape index (κ2) is 13.5. The number of para-hydroxylation sites is 1. The third kappa shape index (κ3) is 7.77. The Morgan fingerprint density at radius 3 is 2.11 bits per heavy atom. The van der Waals surface area contributed by atoms with Gasteiger partial charge in [0.15, 0.2) is 0 Å². The van der Waals surface area contributed by atoms with Gasteiger partial charge >= 0.3 is 12.4 Å². The molecule has 3 aromatic carbocycles. The molecule has 0 unspecified atom stereocenters. The molecule has 46 heavy (non-hydrogen) atoms. The Morgan fingerprint density at radius 2 is 1.52 bits per heavy atom. The summed E-state index contributed by atoms with van der Waals surface area (Å²) in [5, 5.41) is 10.1. The van der Waals surface area contributed by atoms with Crippen LogP contribution in [0.2, 0.25) is 5.02 Å². The Kier molecular flexibility index (Phi) is 9.86. The van der Waals surface area contributed by atoms with E-state index in [1.54, 1.807) is 41.1 Å². The number of rotatable bonds is 7. The number of carbonyl (C=O) groups is 1. The van der Waals surface area contributed by atoms with Gasteiger partial charge in [-0.2, -0.15) is 31.6 Å². The van der Waals surface area contributed by atoms with Gasteiger partial charge in [-0.15, -0.1) is 0 Å². The van der Waals surface area contributed by atoms with E-state index < -0.39 is 29.5 Å². The Morgan fingerprint density at radius 1 is 0.913 bits per heavy atom. The van der Waals surface area contributed by atoms with Crippen LogP contribution >= 0.6 is 11.6 Å². The van der Waals surface area contributed by atoms with Gasteiger partial charge < -0.3 is 9.80 Å². The Balaban J connectivity index is 1.33. The smallest absolute Gasteiger partial charge is 0.367 e. The molecule has 1 amide bonds. The number of benzene rings is 3. The molecule has 0 saturated carbocycles. The lowest BCUT2D eigenvalue weighted by atomic mass is 10.0. The van der Waals surface area contributed by atoms with Crippen molar-refractivity contribution in [2.45, 2.75) is 43.9 Å². The number of likely N-dealkylation sites (tertiary alicyclic amines) is 1. The van der Waals surface area contributed by atoms with Crippen molar-refractivity contribution < 1.29 is 31.1 Å². The quantitative estimate of drug-likeness (QED) is 0.264. The first-order valence-corrected chi connectivity index (χ1v) is 15.1. The zero-order chi connectivity index (χ0) is 33.2. The van der Waals surface area contributed by atoms with Crippen LogP contribution in [-0.2, 0) is 30.2 Å². The van der Waals surface area contributed by atoms with Gasteiger partial charge in [-0.05, 0) is 67.1 Å². The molecule has 2 fully saturated rings. The molecule has 5 rings (SSSR count). The van der Waals surface area contributed by atoms with E-state index in [4.69, 9.17) is 11.6 Å². The standard InChI is InChI=1S/C33H32ClF6N5O/c1-42(19-23-14-25(32(35,36)37)16-26(15-23)33(38,39)40)28-17-30(45(21-28)20-22-6-8-27(34)9-7-22)31(46)44-12-10-43(11-13-44)29-5-3-2-4-24(29)18-41/h2-9,14-16,28,30H,10-13,17,19-21H2,1H3/t28-,30-/m0/s1. The number of hydrogen-bond acceptors (Lipinski definition) is 5. The van der Waals surface area contributed by atoms with E-state index in [1.807, 2.05) is 29.2 Å². The first-order chi connectivity index (χ1) is 21.7. The minimum Gasteiger partial charge on any atom is -0.367 e. The molecule has 2 heterocycles. The van der Waals surface area contributed by atoms with Crippen LogP contribution in [0.1, 0.15) is 34.2 Å². The molecule has 0 spiro atoms. The summed E-state index contributed by atoms with van der Waals surface area (Å²) in [4.78, 5) is 21.6. The number of amides is 1. The summed E-state index contributed by atoms with van der Waals surface area (Å²) in [6.07, 6.45) is -9.52. The van der Waals surface area contributed by atoms with Crippen molar-refractivity contribution in [2.75, 3.05) is 44.7 Å². The number of anilines is 1. The highest BCUT2D eigenvalue weighted by Crippen LogP contribution is 2.37. The molecule has 13 heteroatoms. The van der Waals surface area contributed by atoms with Crippen LogP contribution in [0.5, 0.6) is 0 Å². The molecule has 2 aliphatic heterocycles. The minimum absolute atomic E-state index is 0.0866. The van der Waals surface area contributed by atoms with Gasteiger partial charge in [0, 0.05) is 56.9 Å². The molecule has 0 aromatic heterocycles. The first kappa shape index (κ1) is 33.6. The Labute approximate surface area is 268 Å². The van der Waals surface area contributed by atoms with Crippen molar-refractivity contribution in [1.82, 2.24) is 14.7 Å². The molecule has 0 aliphatic carbocycles. The van der Waals surface area contributed by atoms with E-state index in [1.165, 1.54) is 0 Å². The number of carbonyl (C=O) groups excluding carboxylic acids is 1. The van der Waals surface area contributed by atoms with E-state index in [0.717, 1.165) is 23.4 Å². The maximum atomic E-state index is 14.0. The topological polar surface area (TPSA) is 53.8 Å². The van der Waals surface area contributed by atoms with Gasteiger partial charge in [0.05, 0.1) is 28.4 Å². The molecule has 0 N–H and O–H groups in total. The normalized spacial score (nSPS) is 19.5. The lowest BCUT2D eigenvalue weighted by molar-refractivity contribution is -0.143. The second-order valence-electron chi connectivity index (χ2n) is 11.7. The highest BCUT2D eigenvalue weighted by Gasteiger charge is 2.42. The predicted molar refractivity (Wildman–Crippen MR) is 162 cm³/mol. The second-order valence-corrected chi connectivity index (χ2v) is 12.2. The summed E-state index contributed by atoms with van der Waals surface area (Å²) in [6.45, 7) is 2.59. The molecular weight excluding hydrogens is 632 g/mol. The molecule has 3 aromatic rings. The molecular formula is C33H32ClF6N5O. The lowest BCUT2D eigenvalue weighted by Crippen LogP contribution is -2.53. The molecule has 0 bridgehead atoms. The van der Waals surface area contributed by atoms with Crippen LogP contribution in [0.25, 0.3) is 0 Å². The van der Waals surface area contributed by atoms with Crippen molar-refractivity contribution in [1.29, 1.82) is 5.26 Å². The molecule has 2 saturated heterocycles. The van der Waals surface area contributed by atoms with E-state index in [-0.39, 0.29) is 30.1 Å². The summed E-state index contributed by atoms with van der Waals surface area (Å²) < 4.78 is 80.9. The van der Waals surface area contributed by atoms with Crippen molar-refractivity contribution in [3.8, 4) is 6.07 Å². The van der Waals surface area contributed by atoms with Crippen molar-refractivity contribution in [3.05, 3.63) is 99.6 Å². The molecule has 244 valence electrons. The number of nitriles is 1. The Hall–Kier alpha value is -3.79. The number of hydrogen-bond donors (Lipinski definition) is 0. The summed E-state index contributed by atoms with van der Waals surface area (Å²) in [7, 11) is 1.65. The van der Waals surface area contributed by atoms with Crippen LogP contribution in [-0.4, -0.2) is 72.5 Å². The van der Waals surface area contributed by atoms with Crippen molar-refractivity contribution >= 4 is 23.2 Å². The van der Waals surface area contributed by atoms with Crippen LogP contribution in [0.4, 0.5) is 32.0 Å². The maximum absolute atomic E-state index is 14.0. The van der Waals surface area contributed by atoms with Gasteiger partial charge in [0.2, 0.25) is 5.91 Å². The van der Waals surface area contributed by atoms with Gasteiger partial charge in [0.1, 0.15) is 6.07 Å². The number of alkyl halides is 6. The number of halogens is 7. The summed E-state index contributed by atoms with van der Waals surface area (Å²) in [6, 6.07) is 17.5.